The lowest BCUT2D eigenvalue weighted by molar-refractivity contribution is 0.0956. The van der Waals surface area contributed by atoms with Gasteiger partial charge in [0.2, 0.25) is 16.0 Å². The zero-order chi connectivity index (χ0) is 19.3. The molecule has 3 rings (SSSR count). The Bertz CT molecular complexity index is 886. The molecule has 1 aromatic carbocycles. The number of carbonyl (C=O) groups excluding carboxylic acids is 1. The highest BCUT2D eigenvalue weighted by Crippen LogP contribution is 2.13. The van der Waals surface area contributed by atoms with Gasteiger partial charge in [0.05, 0.1) is 5.75 Å². The molecule has 1 amide bonds. The average molecular weight is 410 g/mol. The molecule has 2 heterocycles. The minimum Gasteiger partial charge on any atom is -0.351 e. The van der Waals surface area contributed by atoms with Gasteiger partial charge in [-0.15, -0.1) is 0 Å². The molecule has 1 saturated heterocycles. The molecule has 144 valence electrons. The number of amides is 1. The summed E-state index contributed by atoms with van der Waals surface area (Å²) < 4.78 is 26.5. The van der Waals surface area contributed by atoms with Crippen molar-refractivity contribution in [2.45, 2.75) is 0 Å². The molecular formula is C17H20ClN5O3S. The number of rotatable bonds is 6. The third-order valence-corrected chi connectivity index (χ3v) is 6.31. The molecule has 0 bridgehead atoms. The Balaban J connectivity index is 1.48. The number of hydrogen-bond donors (Lipinski definition) is 1. The van der Waals surface area contributed by atoms with Crippen molar-refractivity contribution in [2.24, 2.45) is 0 Å². The number of piperazine rings is 1. The van der Waals surface area contributed by atoms with Gasteiger partial charge >= 0.3 is 0 Å². The average Bonchev–Trinajstić information content (AvgIpc) is 2.68. The highest BCUT2D eigenvalue weighted by Gasteiger charge is 2.27. The van der Waals surface area contributed by atoms with Crippen LogP contribution in [0.4, 0.5) is 5.95 Å². The van der Waals surface area contributed by atoms with Crippen LogP contribution in [-0.2, 0) is 10.0 Å². The fourth-order valence-corrected chi connectivity index (χ4v) is 4.30. The van der Waals surface area contributed by atoms with Crippen molar-refractivity contribution in [3.05, 3.63) is 53.3 Å². The van der Waals surface area contributed by atoms with E-state index in [1.54, 1.807) is 36.7 Å². The molecule has 2 aromatic rings. The van der Waals surface area contributed by atoms with E-state index < -0.39 is 10.0 Å². The number of benzene rings is 1. The lowest BCUT2D eigenvalue weighted by Gasteiger charge is -2.33. The van der Waals surface area contributed by atoms with Gasteiger partial charge in [0, 0.05) is 55.7 Å². The maximum absolute atomic E-state index is 12.5. The van der Waals surface area contributed by atoms with Gasteiger partial charge in [-0.3, -0.25) is 4.79 Å². The Kier molecular flexibility index (Phi) is 6.25. The van der Waals surface area contributed by atoms with Crippen LogP contribution in [0.2, 0.25) is 5.02 Å². The van der Waals surface area contributed by atoms with Crippen LogP contribution in [-0.4, -0.2) is 67.1 Å². The normalized spacial score (nSPS) is 15.5. The minimum absolute atomic E-state index is 0.0374. The molecule has 1 aliphatic heterocycles. The summed E-state index contributed by atoms with van der Waals surface area (Å²) in [7, 11) is -3.45. The lowest BCUT2D eigenvalue weighted by Crippen LogP contribution is -2.50. The molecule has 0 unspecified atom stereocenters. The fraction of sp³-hybridized carbons (Fsp3) is 0.353. The Morgan fingerprint density at radius 3 is 2.48 bits per heavy atom. The molecule has 1 fully saturated rings. The number of nitrogens with zero attached hydrogens (tertiary/aromatic N) is 4. The Morgan fingerprint density at radius 2 is 1.81 bits per heavy atom. The second-order valence-corrected chi connectivity index (χ2v) is 8.54. The number of aromatic nitrogens is 2. The van der Waals surface area contributed by atoms with Gasteiger partial charge in [0.1, 0.15) is 0 Å². The highest BCUT2D eigenvalue weighted by atomic mass is 35.5. The van der Waals surface area contributed by atoms with Crippen molar-refractivity contribution < 1.29 is 13.2 Å². The topological polar surface area (TPSA) is 95.5 Å². The van der Waals surface area contributed by atoms with Gasteiger partial charge in [0.15, 0.2) is 0 Å². The van der Waals surface area contributed by atoms with Crippen LogP contribution in [0, 0.1) is 0 Å². The summed E-state index contributed by atoms with van der Waals surface area (Å²) in [5.41, 5.74) is 0.399. The van der Waals surface area contributed by atoms with E-state index in [-0.39, 0.29) is 18.2 Å². The third-order valence-electron chi connectivity index (χ3n) is 4.20. The van der Waals surface area contributed by atoms with E-state index >= 15 is 0 Å². The molecular weight excluding hydrogens is 390 g/mol. The fourth-order valence-electron chi connectivity index (χ4n) is 2.78. The van der Waals surface area contributed by atoms with Gasteiger partial charge in [-0.2, -0.15) is 4.31 Å². The number of sulfonamides is 1. The number of halogens is 1. The Morgan fingerprint density at radius 1 is 1.11 bits per heavy atom. The SMILES string of the molecule is O=C(NCCS(=O)(=O)N1CCN(c2ncccn2)CC1)c1cccc(Cl)c1. The van der Waals surface area contributed by atoms with E-state index in [2.05, 4.69) is 15.3 Å². The molecule has 1 aliphatic rings. The highest BCUT2D eigenvalue weighted by molar-refractivity contribution is 7.89. The van der Waals surface area contributed by atoms with Crippen LogP contribution < -0.4 is 10.2 Å². The van der Waals surface area contributed by atoms with Gasteiger partial charge < -0.3 is 10.2 Å². The van der Waals surface area contributed by atoms with E-state index in [0.29, 0.717) is 42.7 Å². The number of nitrogens with one attached hydrogen (secondary N) is 1. The number of hydrogen-bond acceptors (Lipinski definition) is 6. The van der Waals surface area contributed by atoms with Crippen molar-refractivity contribution in [2.75, 3.05) is 43.4 Å². The van der Waals surface area contributed by atoms with E-state index in [9.17, 15) is 13.2 Å². The van der Waals surface area contributed by atoms with Crippen LogP contribution in [0.5, 0.6) is 0 Å². The quantitative estimate of drug-likeness (QED) is 0.765. The molecule has 0 atom stereocenters. The molecule has 1 N–H and O–H groups in total. The van der Waals surface area contributed by atoms with Crippen LogP contribution in [0.1, 0.15) is 10.4 Å². The monoisotopic (exact) mass is 409 g/mol. The first-order valence-electron chi connectivity index (χ1n) is 8.49. The molecule has 0 spiro atoms. The predicted molar refractivity (Wildman–Crippen MR) is 103 cm³/mol. The van der Waals surface area contributed by atoms with Crippen LogP contribution in [0.15, 0.2) is 42.7 Å². The van der Waals surface area contributed by atoms with Gasteiger partial charge in [-0.25, -0.2) is 18.4 Å². The van der Waals surface area contributed by atoms with Crippen molar-refractivity contribution >= 4 is 33.5 Å². The lowest BCUT2D eigenvalue weighted by atomic mass is 10.2. The summed E-state index contributed by atoms with van der Waals surface area (Å²) in [5.74, 6) is 0.100. The summed E-state index contributed by atoms with van der Waals surface area (Å²) in [5, 5.41) is 3.08. The van der Waals surface area contributed by atoms with Crippen molar-refractivity contribution in [1.29, 1.82) is 0 Å². The molecule has 1 aromatic heterocycles. The minimum atomic E-state index is -3.45. The van der Waals surface area contributed by atoms with E-state index in [1.807, 2.05) is 4.90 Å². The maximum Gasteiger partial charge on any atom is 0.251 e. The molecule has 0 aliphatic carbocycles. The zero-order valence-corrected chi connectivity index (χ0v) is 16.2. The first-order chi connectivity index (χ1) is 13.0. The molecule has 8 nitrogen and oxygen atoms in total. The van der Waals surface area contributed by atoms with Crippen LogP contribution in [0.25, 0.3) is 0 Å². The molecule has 10 heteroatoms. The maximum atomic E-state index is 12.5. The summed E-state index contributed by atoms with van der Waals surface area (Å²) in [6, 6.07) is 8.24. The number of carbonyl (C=O) groups is 1. The second kappa shape index (κ2) is 8.64. The Hall–Kier alpha value is -2.23. The van der Waals surface area contributed by atoms with Gasteiger partial charge in [-0.1, -0.05) is 17.7 Å². The van der Waals surface area contributed by atoms with Crippen LogP contribution >= 0.6 is 11.6 Å². The molecule has 0 radical (unpaired) electrons. The van der Waals surface area contributed by atoms with E-state index in [0.717, 1.165) is 0 Å². The molecule has 0 saturated carbocycles. The smallest absolute Gasteiger partial charge is 0.251 e. The van der Waals surface area contributed by atoms with Gasteiger partial charge in [0.25, 0.3) is 5.91 Å². The Labute approximate surface area is 163 Å². The second-order valence-electron chi connectivity index (χ2n) is 6.02. The third kappa shape index (κ3) is 5.15. The first-order valence-corrected chi connectivity index (χ1v) is 10.5. The van der Waals surface area contributed by atoms with Crippen LogP contribution in [0.3, 0.4) is 0 Å². The van der Waals surface area contributed by atoms with Crippen molar-refractivity contribution in [1.82, 2.24) is 19.6 Å². The van der Waals surface area contributed by atoms with Crippen molar-refractivity contribution in [3.63, 3.8) is 0 Å². The van der Waals surface area contributed by atoms with Gasteiger partial charge in [-0.05, 0) is 24.3 Å². The zero-order valence-electron chi connectivity index (χ0n) is 14.6. The first kappa shape index (κ1) is 19.5. The summed E-state index contributed by atoms with van der Waals surface area (Å²) >= 11 is 5.86. The number of anilines is 1. The summed E-state index contributed by atoms with van der Waals surface area (Å²) in [6.45, 7) is 1.82. The standard InChI is InChI=1S/C17H20ClN5O3S/c18-15-4-1-3-14(13-15)16(24)19-7-12-27(25,26)23-10-8-22(9-11-23)17-20-5-2-6-21-17/h1-6,13H,7-12H2,(H,19,24). The summed E-state index contributed by atoms with van der Waals surface area (Å²) in [6.07, 6.45) is 3.32. The van der Waals surface area contributed by atoms with Crippen molar-refractivity contribution in [3.8, 4) is 0 Å². The summed E-state index contributed by atoms with van der Waals surface area (Å²) in [4.78, 5) is 22.4. The molecule has 27 heavy (non-hydrogen) atoms. The van der Waals surface area contributed by atoms with E-state index in [1.165, 1.54) is 10.4 Å². The van der Waals surface area contributed by atoms with E-state index in [4.69, 9.17) is 11.6 Å². The largest absolute Gasteiger partial charge is 0.351 e. The predicted octanol–water partition coefficient (Wildman–Crippen LogP) is 1.01.